The fourth-order valence-electron chi connectivity index (χ4n) is 3.63. The summed E-state index contributed by atoms with van der Waals surface area (Å²) in [4.78, 5) is 39.4. The van der Waals surface area contributed by atoms with E-state index in [2.05, 4.69) is 21.2 Å². The van der Waals surface area contributed by atoms with E-state index in [9.17, 15) is 14.4 Å². The van der Waals surface area contributed by atoms with Crippen molar-refractivity contribution in [1.29, 1.82) is 0 Å². The van der Waals surface area contributed by atoms with Gasteiger partial charge in [-0.1, -0.05) is 46.3 Å². The number of imide groups is 1. The Kier molecular flexibility index (Phi) is 9.09. The third kappa shape index (κ3) is 6.76. The lowest BCUT2D eigenvalue weighted by Crippen LogP contribution is -2.27. The lowest BCUT2D eigenvalue weighted by molar-refractivity contribution is -0.123. The Balaban J connectivity index is 1.41. The van der Waals surface area contributed by atoms with E-state index < -0.39 is 0 Å². The van der Waals surface area contributed by atoms with E-state index in [1.807, 2.05) is 37.3 Å². The van der Waals surface area contributed by atoms with Crippen LogP contribution in [0.15, 0.2) is 76.1 Å². The summed E-state index contributed by atoms with van der Waals surface area (Å²) >= 11 is 4.27. The van der Waals surface area contributed by atoms with Gasteiger partial charge >= 0.3 is 0 Å². The summed E-state index contributed by atoms with van der Waals surface area (Å²) < 4.78 is 17.6. The molecule has 0 aliphatic carbocycles. The molecule has 10 heteroatoms. The first kappa shape index (κ1) is 27.3. The van der Waals surface area contributed by atoms with Crippen molar-refractivity contribution in [2.24, 2.45) is 0 Å². The highest BCUT2D eigenvalue weighted by atomic mass is 79.9. The molecule has 0 atom stereocenters. The third-order valence-corrected chi connectivity index (χ3v) is 6.87. The molecule has 0 aromatic heterocycles. The van der Waals surface area contributed by atoms with Gasteiger partial charge in [0.1, 0.15) is 5.75 Å². The number of thioether (sulfide) groups is 1. The number of rotatable bonds is 10. The maximum absolute atomic E-state index is 12.9. The number of ether oxygens (including phenoxy) is 3. The number of benzene rings is 3. The summed E-state index contributed by atoms with van der Waals surface area (Å²) in [6.45, 7) is 2.30. The number of para-hydroxylation sites is 2. The van der Waals surface area contributed by atoms with Gasteiger partial charge in [0.25, 0.3) is 17.1 Å². The topological polar surface area (TPSA) is 94.2 Å². The normalized spacial score (nSPS) is 14.1. The number of nitrogens with one attached hydrogen (secondary N) is 1. The van der Waals surface area contributed by atoms with Crippen LogP contribution in [-0.2, 0) is 16.1 Å². The standard InChI is InChI=1S/C28H25BrN2O6S/c1-3-36-22-7-5-4-6-21(22)30-26(32)17-37-23-13-10-19(14-24(23)35-2)15-25-27(33)31(28(34)38-25)16-18-8-11-20(29)12-9-18/h4-15H,3,16-17H2,1-2H3,(H,30,32)/b25-15-. The first-order chi connectivity index (χ1) is 18.4. The fourth-order valence-corrected chi connectivity index (χ4v) is 4.74. The molecule has 4 rings (SSSR count). The van der Waals surface area contributed by atoms with Gasteiger partial charge in [0.05, 0.1) is 30.9 Å². The van der Waals surface area contributed by atoms with Gasteiger partial charge in [-0.15, -0.1) is 0 Å². The number of hydrogen-bond donors (Lipinski definition) is 1. The number of amides is 3. The summed E-state index contributed by atoms with van der Waals surface area (Å²) in [5.74, 6) is 0.608. The van der Waals surface area contributed by atoms with E-state index in [0.717, 1.165) is 21.8 Å². The summed E-state index contributed by atoms with van der Waals surface area (Å²) in [6, 6.07) is 19.7. The lowest BCUT2D eigenvalue weighted by Gasteiger charge is -2.13. The Labute approximate surface area is 233 Å². The predicted molar refractivity (Wildman–Crippen MR) is 150 cm³/mol. The van der Waals surface area contributed by atoms with Crippen molar-refractivity contribution in [2.45, 2.75) is 13.5 Å². The Morgan fingerprint density at radius 2 is 1.76 bits per heavy atom. The molecule has 1 saturated heterocycles. The Hall–Kier alpha value is -3.76. The van der Waals surface area contributed by atoms with Crippen LogP contribution in [-0.4, -0.2) is 42.3 Å². The Morgan fingerprint density at radius 3 is 2.50 bits per heavy atom. The Bertz CT molecular complexity index is 1380. The average molecular weight is 597 g/mol. The van der Waals surface area contributed by atoms with Crippen molar-refractivity contribution < 1.29 is 28.6 Å². The molecule has 1 heterocycles. The molecule has 0 saturated carbocycles. The van der Waals surface area contributed by atoms with Crippen LogP contribution in [0.4, 0.5) is 10.5 Å². The number of anilines is 1. The molecule has 196 valence electrons. The van der Waals surface area contributed by atoms with Gasteiger partial charge in [0.2, 0.25) is 0 Å². The number of halogens is 1. The summed E-state index contributed by atoms with van der Waals surface area (Å²) in [5, 5.41) is 2.45. The van der Waals surface area contributed by atoms with Crippen LogP contribution >= 0.6 is 27.7 Å². The second kappa shape index (κ2) is 12.7. The number of carbonyl (C=O) groups is 3. The van der Waals surface area contributed by atoms with Gasteiger partial charge < -0.3 is 19.5 Å². The lowest BCUT2D eigenvalue weighted by atomic mass is 10.1. The number of carbonyl (C=O) groups excluding carboxylic acids is 3. The summed E-state index contributed by atoms with van der Waals surface area (Å²) in [6.07, 6.45) is 1.64. The van der Waals surface area contributed by atoms with Crippen molar-refractivity contribution >= 4 is 56.5 Å². The van der Waals surface area contributed by atoms with Crippen molar-refractivity contribution in [3.63, 3.8) is 0 Å². The molecule has 0 spiro atoms. The van der Waals surface area contributed by atoms with Gasteiger partial charge in [-0.3, -0.25) is 19.3 Å². The molecule has 1 N–H and O–H groups in total. The molecule has 3 amide bonds. The zero-order chi connectivity index (χ0) is 27.1. The van der Waals surface area contributed by atoms with Gasteiger partial charge in [-0.05, 0) is 72.3 Å². The van der Waals surface area contributed by atoms with E-state index in [-0.39, 0.29) is 30.2 Å². The van der Waals surface area contributed by atoms with Gasteiger partial charge in [-0.25, -0.2) is 0 Å². The van der Waals surface area contributed by atoms with Crippen molar-refractivity contribution in [3.8, 4) is 17.2 Å². The zero-order valence-electron chi connectivity index (χ0n) is 20.7. The Morgan fingerprint density at radius 1 is 1.00 bits per heavy atom. The molecule has 3 aromatic carbocycles. The fraction of sp³-hybridized carbons (Fsp3) is 0.179. The smallest absolute Gasteiger partial charge is 0.293 e. The largest absolute Gasteiger partial charge is 0.493 e. The molecule has 1 fully saturated rings. The monoisotopic (exact) mass is 596 g/mol. The molecule has 3 aromatic rings. The van der Waals surface area contributed by atoms with Crippen LogP contribution in [0.5, 0.6) is 17.2 Å². The SMILES string of the molecule is CCOc1ccccc1NC(=O)COc1ccc(/C=C2\SC(=O)N(Cc3ccc(Br)cc3)C2=O)cc1OC. The molecular formula is C28H25BrN2O6S. The van der Waals surface area contributed by atoms with Crippen molar-refractivity contribution in [2.75, 3.05) is 25.6 Å². The minimum Gasteiger partial charge on any atom is -0.493 e. The summed E-state index contributed by atoms with van der Waals surface area (Å²) in [7, 11) is 1.48. The van der Waals surface area contributed by atoms with E-state index >= 15 is 0 Å². The van der Waals surface area contributed by atoms with Gasteiger partial charge in [-0.2, -0.15) is 0 Å². The van der Waals surface area contributed by atoms with Crippen LogP contribution in [0, 0.1) is 0 Å². The van der Waals surface area contributed by atoms with Crippen LogP contribution in [0.25, 0.3) is 6.08 Å². The molecule has 0 unspecified atom stereocenters. The highest BCUT2D eigenvalue weighted by Crippen LogP contribution is 2.35. The maximum atomic E-state index is 12.9. The first-order valence-electron chi connectivity index (χ1n) is 11.7. The van der Waals surface area contributed by atoms with Crippen LogP contribution in [0.1, 0.15) is 18.1 Å². The first-order valence-corrected chi connectivity index (χ1v) is 13.3. The molecule has 0 radical (unpaired) electrons. The molecule has 1 aliphatic rings. The molecular weight excluding hydrogens is 572 g/mol. The third-order valence-electron chi connectivity index (χ3n) is 5.43. The predicted octanol–water partition coefficient (Wildman–Crippen LogP) is 6.11. The minimum atomic E-state index is -0.359. The highest BCUT2D eigenvalue weighted by molar-refractivity contribution is 9.10. The summed E-state index contributed by atoms with van der Waals surface area (Å²) in [5.41, 5.74) is 2.06. The van der Waals surface area contributed by atoms with E-state index in [1.54, 1.807) is 42.5 Å². The number of methoxy groups -OCH3 is 1. The molecule has 1 aliphatic heterocycles. The molecule has 38 heavy (non-hydrogen) atoms. The van der Waals surface area contributed by atoms with E-state index in [4.69, 9.17) is 14.2 Å². The number of hydrogen-bond acceptors (Lipinski definition) is 7. The van der Waals surface area contributed by atoms with Crippen LogP contribution < -0.4 is 19.5 Å². The zero-order valence-corrected chi connectivity index (χ0v) is 23.1. The van der Waals surface area contributed by atoms with Crippen molar-refractivity contribution in [3.05, 3.63) is 87.2 Å². The minimum absolute atomic E-state index is 0.197. The van der Waals surface area contributed by atoms with E-state index in [1.165, 1.54) is 12.0 Å². The number of nitrogens with zero attached hydrogens (tertiary/aromatic N) is 1. The molecule has 0 bridgehead atoms. The second-order valence-corrected chi connectivity index (χ2v) is 9.98. The highest BCUT2D eigenvalue weighted by Gasteiger charge is 2.35. The average Bonchev–Trinajstić information content (AvgIpc) is 3.17. The quantitative estimate of drug-likeness (QED) is 0.282. The molecule has 8 nitrogen and oxygen atoms in total. The van der Waals surface area contributed by atoms with Crippen LogP contribution in [0.2, 0.25) is 0 Å². The van der Waals surface area contributed by atoms with Gasteiger partial charge in [0.15, 0.2) is 18.1 Å². The second-order valence-electron chi connectivity index (χ2n) is 8.07. The maximum Gasteiger partial charge on any atom is 0.293 e. The van der Waals surface area contributed by atoms with Gasteiger partial charge in [0, 0.05) is 4.47 Å². The van der Waals surface area contributed by atoms with Crippen molar-refractivity contribution in [1.82, 2.24) is 4.90 Å². The van der Waals surface area contributed by atoms with E-state index in [0.29, 0.717) is 40.0 Å². The van der Waals surface area contributed by atoms with Crippen LogP contribution in [0.3, 0.4) is 0 Å².